The molecule has 6 heteroatoms. The Bertz CT molecular complexity index is 982. The highest BCUT2D eigenvalue weighted by atomic mass is 16.6. The molecule has 0 aliphatic rings. The Morgan fingerprint density at radius 1 is 1.31 bits per heavy atom. The first-order chi connectivity index (χ1) is 12.4. The molecule has 0 aliphatic heterocycles. The van der Waals surface area contributed by atoms with Crippen LogP contribution in [-0.4, -0.2) is 27.6 Å². The minimum absolute atomic E-state index is 0.285. The third kappa shape index (κ3) is 3.38. The summed E-state index contributed by atoms with van der Waals surface area (Å²) in [6.45, 7) is 5.38. The van der Waals surface area contributed by atoms with E-state index in [0.717, 1.165) is 11.1 Å². The van der Waals surface area contributed by atoms with Crippen LogP contribution in [-0.2, 0) is 9.53 Å². The lowest BCUT2D eigenvalue weighted by Crippen LogP contribution is -2.39. The van der Waals surface area contributed by atoms with Gasteiger partial charge in [-0.1, -0.05) is 12.1 Å². The molecule has 0 bridgehead atoms. The number of nitriles is 1. The van der Waals surface area contributed by atoms with Crippen LogP contribution in [0.1, 0.15) is 26.3 Å². The molecular formula is C20H19N3O3. The molecule has 0 N–H and O–H groups in total. The van der Waals surface area contributed by atoms with Gasteiger partial charge in [0.25, 0.3) is 0 Å². The summed E-state index contributed by atoms with van der Waals surface area (Å²) in [6.07, 6.45) is 5.42. The zero-order valence-corrected chi connectivity index (χ0v) is 14.9. The number of aromatic nitrogens is 2. The lowest BCUT2D eigenvalue weighted by Gasteiger charge is -2.25. The molecule has 1 aromatic carbocycles. The molecule has 0 saturated carbocycles. The van der Waals surface area contributed by atoms with Crippen LogP contribution in [0.5, 0.6) is 5.75 Å². The molecule has 0 fully saturated rings. The van der Waals surface area contributed by atoms with Gasteiger partial charge >= 0.3 is 5.97 Å². The Morgan fingerprint density at radius 2 is 2.04 bits per heavy atom. The summed E-state index contributed by atoms with van der Waals surface area (Å²) < 4.78 is 13.0. The van der Waals surface area contributed by atoms with Crippen molar-refractivity contribution in [2.45, 2.75) is 26.4 Å². The number of carbonyl (C=O) groups is 1. The van der Waals surface area contributed by atoms with E-state index in [2.05, 4.69) is 11.1 Å². The zero-order chi connectivity index (χ0) is 18.7. The molecule has 0 aliphatic carbocycles. The molecule has 0 spiro atoms. The van der Waals surface area contributed by atoms with Gasteiger partial charge in [0.1, 0.15) is 11.4 Å². The van der Waals surface area contributed by atoms with Crippen LogP contribution < -0.4 is 4.74 Å². The van der Waals surface area contributed by atoms with Gasteiger partial charge in [0.2, 0.25) is 0 Å². The predicted octanol–water partition coefficient (Wildman–Crippen LogP) is 3.59. The second-order valence-corrected chi connectivity index (χ2v) is 6.27. The monoisotopic (exact) mass is 349 g/mol. The number of hydrogen-bond donors (Lipinski definition) is 0. The van der Waals surface area contributed by atoms with Crippen molar-refractivity contribution in [1.82, 2.24) is 9.38 Å². The second-order valence-electron chi connectivity index (χ2n) is 6.27. The molecule has 2 heterocycles. The fraction of sp³-hybridized carbons (Fsp3) is 0.250. The first kappa shape index (κ1) is 17.5. The Kier molecular flexibility index (Phi) is 4.63. The summed E-state index contributed by atoms with van der Waals surface area (Å²) in [7, 11) is 0. The molecule has 132 valence electrons. The summed E-state index contributed by atoms with van der Waals surface area (Å²) in [4.78, 5) is 16.5. The van der Waals surface area contributed by atoms with Crippen LogP contribution in [0.3, 0.4) is 0 Å². The maximum absolute atomic E-state index is 12.2. The minimum atomic E-state index is -1.15. The van der Waals surface area contributed by atoms with Crippen molar-refractivity contribution in [1.29, 1.82) is 5.26 Å². The first-order valence-corrected chi connectivity index (χ1v) is 8.28. The molecule has 0 amide bonds. The number of rotatable bonds is 5. The number of ether oxygens (including phenoxy) is 2. The van der Waals surface area contributed by atoms with E-state index in [4.69, 9.17) is 14.7 Å². The van der Waals surface area contributed by atoms with Gasteiger partial charge in [0, 0.05) is 30.2 Å². The van der Waals surface area contributed by atoms with Crippen LogP contribution in [0.15, 0.2) is 48.9 Å². The third-order valence-corrected chi connectivity index (χ3v) is 3.95. The van der Waals surface area contributed by atoms with Gasteiger partial charge in [-0.3, -0.25) is 0 Å². The maximum Gasteiger partial charge on any atom is 0.349 e. The van der Waals surface area contributed by atoms with Gasteiger partial charge < -0.3 is 13.9 Å². The molecule has 3 rings (SSSR count). The molecule has 0 radical (unpaired) electrons. The van der Waals surface area contributed by atoms with Crippen LogP contribution in [0.4, 0.5) is 0 Å². The van der Waals surface area contributed by atoms with Gasteiger partial charge in [-0.25, -0.2) is 9.78 Å². The van der Waals surface area contributed by atoms with E-state index in [0.29, 0.717) is 17.0 Å². The average molecular weight is 349 g/mol. The molecular weight excluding hydrogens is 330 g/mol. The number of fused-ring (bicyclic) bond motifs is 1. The highest BCUT2D eigenvalue weighted by Gasteiger charge is 2.32. The van der Waals surface area contributed by atoms with Crippen LogP contribution in [0, 0.1) is 11.3 Å². The molecule has 6 nitrogen and oxygen atoms in total. The number of hydrogen-bond acceptors (Lipinski definition) is 5. The Morgan fingerprint density at radius 3 is 2.69 bits per heavy atom. The van der Waals surface area contributed by atoms with E-state index in [1.54, 1.807) is 45.2 Å². The Hall–Kier alpha value is -3.33. The summed E-state index contributed by atoms with van der Waals surface area (Å²) >= 11 is 0. The molecule has 3 aromatic rings. The van der Waals surface area contributed by atoms with Gasteiger partial charge in [-0.2, -0.15) is 5.26 Å². The Labute approximate surface area is 151 Å². The standard InChI is InChI=1S/C20H19N3O3/c1-4-25-19(24)20(2,3)26-17-11-18-22-9-10-23(18)13-16(17)15-7-5-14(12-21)6-8-15/h5-11,13H,4H2,1-3H3. The molecule has 0 saturated heterocycles. The van der Waals surface area contributed by atoms with Crippen LogP contribution in [0.25, 0.3) is 16.8 Å². The minimum Gasteiger partial charge on any atom is -0.475 e. The van der Waals surface area contributed by atoms with E-state index in [9.17, 15) is 4.79 Å². The van der Waals surface area contributed by atoms with E-state index in [1.807, 2.05) is 28.9 Å². The summed E-state index contributed by atoms with van der Waals surface area (Å²) in [5.41, 5.74) is 1.79. The summed E-state index contributed by atoms with van der Waals surface area (Å²) in [5.74, 6) is 0.0838. The van der Waals surface area contributed by atoms with Crippen molar-refractivity contribution in [3.8, 4) is 22.9 Å². The van der Waals surface area contributed by atoms with Crippen molar-refractivity contribution >= 4 is 11.6 Å². The first-order valence-electron chi connectivity index (χ1n) is 8.28. The quantitative estimate of drug-likeness (QED) is 0.658. The van der Waals surface area contributed by atoms with Crippen molar-refractivity contribution in [3.63, 3.8) is 0 Å². The van der Waals surface area contributed by atoms with Crippen molar-refractivity contribution in [2.24, 2.45) is 0 Å². The van der Waals surface area contributed by atoms with E-state index in [-0.39, 0.29) is 6.61 Å². The van der Waals surface area contributed by atoms with Crippen molar-refractivity contribution in [3.05, 3.63) is 54.5 Å². The second kappa shape index (κ2) is 6.89. The van der Waals surface area contributed by atoms with Crippen LogP contribution in [0.2, 0.25) is 0 Å². The number of nitrogens with zero attached hydrogens (tertiary/aromatic N) is 3. The SMILES string of the molecule is CCOC(=O)C(C)(C)Oc1cc2nccn2cc1-c1ccc(C#N)cc1. The number of esters is 1. The van der Waals surface area contributed by atoms with Crippen LogP contribution >= 0.6 is 0 Å². The zero-order valence-electron chi connectivity index (χ0n) is 14.9. The normalized spacial score (nSPS) is 11.2. The van der Waals surface area contributed by atoms with Gasteiger partial charge in [0.15, 0.2) is 5.60 Å². The lowest BCUT2D eigenvalue weighted by molar-refractivity contribution is -0.158. The van der Waals surface area contributed by atoms with Gasteiger partial charge in [-0.05, 0) is 38.5 Å². The molecule has 26 heavy (non-hydrogen) atoms. The summed E-state index contributed by atoms with van der Waals surface area (Å²) in [6, 6.07) is 11.1. The van der Waals surface area contributed by atoms with Gasteiger partial charge in [-0.15, -0.1) is 0 Å². The smallest absolute Gasteiger partial charge is 0.349 e. The molecule has 0 unspecified atom stereocenters. The van der Waals surface area contributed by atoms with E-state index < -0.39 is 11.6 Å². The summed E-state index contributed by atoms with van der Waals surface area (Å²) in [5, 5.41) is 8.99. The van der Waals surface area contributed by atoms with Crippen molar-refractivity contribution < 1.29 is 14.3 Å². The fourth-order valence-electron chi connectivity index (χ4n) is 2.59. The number of carbonyl (C=O) groups excluding carboxylic acids is 1. The number of imidazole rings is 1. The van der Waals surface area contributed by atoms with Crippen molar-refractivity contribution in [2.75, 3.05) is 6.61 Å². The molecule has 0 atom stereocenters. The fourth-order valence-corrected chi connectivity index (χ4v) is 2.59. The third-order valence-electron chi connectivity index (χ3n) is 3.95. The van der Waals surface area contributed by atoms with E-state index >= 15 is 0 Å². The Balaban J connectivity index is 2.07. The van der Waals surface area contributed by atoms with Gasteiger partial charge in [0.05, 0.1) is 18.2 Å². The molecule has 2 aromatic heterocycles. The van der Waals surface area contributed by atoms with E-state index in [1.165, 1.54) is 0 Å². The lowest BCUT2D eigenvalue weighted by atomic mass is 10.0. The number of benzene rings is 1. The topological polar surface area (TPSA) is 76.6 Å². The largest absolute Gasteiger partial charge is 0.475 e. The average Bonchev–Trinajstić information content (AvgIpc) is 3.08. The highest BCUT2D eigenvalue weighted by Crippen LogP contribution is 2.34. The predicted molar refractivity (Wildman–Crippen MR) is 96.7 cm³/mol. The maximum atomic E-state index is 12.2. The number of pyridine rings is 1. The highest BCUT2D eigenvalue weighted by molar-refractivity contribution is 5.80.